The van der Waals surface area contributed by atoms with E-state index in [0.717, 1.165) is 5.56 Å². The highest BCUT2D eigenvalue weighted by Crippen LogP contribution is 2.21. The minimum atomic E-state index is -3.52. The molecule has 0 atom stereocenters. The predicted molar refractivity (Wildman–Crippen MR) is 107 cm³/mol. The van der Waals surface area contributed by atoms with Crippen molar-refractivity contribution in [3.63, 3.8) is 0 Å². The number of methoxy groups -OCH3 is 1. The molecule has 0 radical (unpaired) electrons. The number of amides is 2. The van der Waals surface area contributed by atoms with E-state index in [1.807, 2.05) is 30.3 Å². The van der Waals surface area contributed by atoms with Crippen LogP contribution in [0.5, 0.6) is 0 Å². The number of nitrogens with one attached hydrogen (secondary N) is 2. The Morgan fingerprint density at radius 1 is 1.18 bits per heavy atom. The van der Waals surface area contributed by atoms with Gasteiger partial charge in [-0.1, -0.05) is 30.3 Å². The van der Waals surface area contributed by atoms with Crippen molar-refractivity contribution < 1.29 is 22.7 Å². The van der Waals surface area contributed by atoms with E-state index in [0.29, 0.717) is 26.0 Å². The summed E-state index contributed by atoms with van der Waals surface area (Å²) in [5.74, 6) is -0.799. The first-order valence-corrected chi connectivity index (χ1v) is 10.7. The topological polar surface area (TPSA) is 105 Å². The van der Waals surface area contributed by atoms with Gasteiger partial charge in [0.15, 0.2) is 0 Å². The van der Waals surface area contributed by atoms with E-state index in [4.69, 9.17) is 4.74 Å². The minimum Gasteiger partial charge on any atom is -0.383 e. The fraction of sp³-hybridized carbons (Fsp3) is 0.474. The lowest BCUT2D eigenvalue weighted by atomic mass is 9.97. The lowest BCUT2D eigenvalue weighted by molar-refractivity contribution is -0.129. The Kier molecular flexibility index (Phi) is 8.62. The smallest absolute Gasteiger partial charge is 0.239 e. The van der Waals surface area contributed by atoms with Gasteiger partial charge in [-0.2, -0.15) is 4.31 Å². The van der Waals surface area contributed by atoms with Crippen LogP contribution in [0.1, 0.15) is 18.4 Å². The number of piperidine rings is 1. The Balaban J connectivity index is 1.77. The summed E-state index contributed by atoms with van der Waals surface area (Å²) in [5.41, 5.74) is 0.809. The Bertz CT molecular complexity index is 772. The number of carbonyl (C=O) groups excluding carboxylic acids is 2. The van der Waals surface area contributed by atoms with Crippen LogP contribution in [0, 0.1) is 5.92 Å². The van der Waals surface area contributed by atoms with Gasteiger partial charge in [-0.25, -0.2) is 8.42 Å². The molecular formula is C19H27N3O5S. The molecule has 1 aliphatic heterocycles. The molecule has 0 bridgehead atoms. The zero-order chi connectivity index (χ0) is 20.4. The number of rotatable bonds is 9. The second-order valence-corrected chi connectivity index (χ2v) is 8.31. The van der Waals surface area contributed by atoms with Gasteiger partial charge < -0.3 is 15.4 Å². The standard InChI is InChI=1S/C19H27N3O5S/c1-27-13-10-20-18(23)15-21-19(24)17-7-11-22(12-8-17)28(25,26)14-9-16-5-3-2-4-6-16/h2-6,9,14,17H,7-8,10-13,15H2,1H3,(H,20,23)(H,21,24)/b14-9+. The molecule has 0 saturated carbocycles. The van der Waals surface area contributed by atoms with Crippen LogP contribution in [0.25, 0.3) is 6.08 Å². The van der Waals surface area contributed by atoms with Crippen molar-refractivity contribution in [2.24, 2.45) is 5.92 Å². The van der Waals surface area contributed by atoms with Gasteiger partial charge in [-0.3, -0.25) is 9.59 Å². The number of sulfonamides is 1. The van der Waals surface area contributed by atoms with Gasteiger partial charge in [0.05, 0.1) is 13.2 Å². The monoisotopic (exact) mass is 409 g/mol. The second-order valence-electron chi connectivity index (χ2n) is 6.49. The Hall–Kier alpha value is -2.23. The van der Waals surface area contributed by atoms with Crippen LogP contribution in [0.2, 0.25) is 0 Å². The summed E-state index contributed by atoms with van der Waals surface area (Å²) in [6, 6.07) is 9.20. The molecule has 2 amide bonds. The first kappa shape index (κ1) is 22.1. The SMILES string of the molecule is COCCNC(=O)CNC(=O)C1CCN(S(=O)(=O)/C=C/c2ccccc2)CC1. The zero-order valence-electron chi connectivity index (χ0n) is 16.0. The van der Waals surface area contributed by atoms with Crippen LogP contribution < -0.4 is 10.6 Å². The van der Waals surface area contributed by atoms with Crippen LogP contribution in [0.4, 0.5) is 0 Å². The molecule has 28 heavy (non-hydrogen) atoms. The maximum Gasteiger partial charge on any atom is 0.239 e. The molecule has 1 aromatic rings. The first-order valence-electron chi connectivity index (χ1n) is 9.19. The van der Waals surface area contributed by atoms with Crippen LogP contribution in [0.3, 0.4) is 0 Å². The van der Waals surface area contributed by atoms with Crippen LogP contribution in [-0.4, -0.2) is 64.4 Å². The van der Waals surface area contributed by atoms with Gasteiger partial charge >= 0.3 is 0 Å². The molecule has 2 rings (SSSR count). The molecule has 8 nitrogen and oxygen atoms in total. The van der Waals surface area contributed by atoms with E-state index in [1.165, 1.54) is 16.8 Å². The van der Waals surface area contributed by atoms with Crippen molar-refractivity contribution in [1.82, 2.24) is 14.9 Å². The molecule has 1 aliphatic rings. The third-order valence-electron chi connectivity index (χ3n) is 4.47. The van der Waals surface area contributed by atoms with Crippen LogP contribution in [-0.2, 0) is 24.3 Å². The molecule has 154 valence electrons. The highest BCUT2D eigenvalue weighted by Gasteiger charge is 2.29. The van der Waals surface area contributed by atoms with Crippen molar-refractivity contribution in [3.8, 4) is 0 Å². The van der Waals surface area contributed by atoms with Crippen molar-refractivity contribution in [2.45, 2.75) is 12.8 Å². The van der Waals surface area contributed by atoms with Crippen LogP contribution in [0.15, 0.2) is 35.7 Å². The summed E-state index contributed by atoms with van der Waals surface area (Å²) in [5, 5.41) is 6.43. The molecule has 2 N–H and O–H groups in total. The third-order valence-corrected chi connectivity index (χ3v) is 6.03. The number of carbonyl (C=O) groups is 2. The van der Waals surface area contributed by atoms with Gasteiger partial charge in [0.1, 0.15) is 0 Å². The van der Waals surface area contributed by atoms with Crippen molar-refractivity contribution in [3.05, 3.63) is 41.3 Å². The van der Waals surface area contributed by atoms with E-state index < -0.39 is 10.0 Å². The Morgan fingerprint density at radius 3 is 2.50 bits per heavy atom. The molecule has 0 aliphatic carbocycles. The average molecular weight is 410 g/mol. The Labute approximate surface area is 166 Å². The number of nitrogens with zero attached hydrogens (tertiary/aromatic N) is 1. The quantitative estimate of drug-likeness (QED) is 0.581. The van der Waals surface area contributed by atoms with Gasteiger partial charge in [0, 0.05) is 38.1 Å². The van der Waals surface area contributed by atoms with Gasteiger partial charge in [0.2, 0.25) is 21.8 Å². The lowest BCUT2D eigenvalue weighted by Gasteiger charge is -2.29. The summed E-state index contributed by atoms with van der Waals surface area (Å²) < 4.78 is 31.1. The molecule has 0 spiro atoms. The maximum absolute atomic E-state index is 12.5. The number of benzene rings is 1. The first-order chi connectivity index (χ1) is 13.4. The van der Waals surface area contributed by atoms with E-state index in [1.54, 1.807) is 6.08 Å². The second kappa shape index (κ2) is 10.9. The summed E-state index contributed by atoms with van der Waals surface area (Å²) in [6.45, 7) is 1.25. The van der Waals surface area contributed by atoms with Gasteiger partial charge in [-0.05, 0) is 24.5 Å². The summed E-state index contributed by atoms with van der Waals surface area (Å²) in [4.78, 5) is 23.8. The van der Waals surface area contributed by atoms with Gasteiger partial charge in [0.25, 0.3) is 0 Å². The highest BCUT2D eigenvalue weighted by atomic mass is 32.2. The van der Waals surface area contributed by atoms with Crippen molar-refractivity contribution in [2.75, 3.05) is 39.9 Å². The van der Waals surface area contributed by atoms with E-state index in [2.05, 4.69) is 10.6 Å². The predicted octanol–water partition coefficient (Wildman–Crippen LogP) is 0.578. The summed E-state index contributed by atoms with van der Waals surface area (Å²) in [6.07, 6.45) is 2.42. The van der Waals surface area contributed by atoms with Crippen LogP contribution >= 0.6 is 0 Å². The molecule has 1 fully saturated rings. The average Bonchev–Trinajstić information content (AvgIpc) is 2.71. The molecule has 1 heterocycles. The fourth-order valence-corrected chi connectivity index (χ4v) is 4.07. The maximum atomic E-state index is 12.5. The summed E-state index contributed by atoms with van der Waals surface area (Å²) in [7, 11) is -1.98. The minimum absolute atomic E-state index is 0.0964. The van der Waals surface area contributed by atoms with E-state index in [9.17, 15) is 18.0 Å². The molecular weight excluding hydrogens is 382 g/mol. The molecule has 1 saturated heterocycles. The number of ether oxygens (including phenoxy) is 1. The van der Waals surface area contributed by atoms with E-state index >= 15 is 0 Å². The fourth-order valence-electron chi connectivity index (χ4n) is 2.85. The zero-order valence-corrected chi connectivity index (χ0v) is 16.8. The highest BCUT2D eigenvalue weighted by molar-refractivity contribution is 7.92. The molecule has 1 aromatic carbocycles. The lowest BCUT2D eigenvalue weighted by Crippen LogP contribution is -2.44. The molecule has 0 unspecified atom stereocenters. The number of hydrogen-bond acceptors (Lipinski definition) is 5. The van der Waals surface area contributed by atoms with Crippen molar-refractivity contribution >= 4 is 27.9 Å². The largest absolute Gasteiger partial charge is 0.383 e. The summed E-state index contributed by atoms with van der Waals surface area (Å²) >= 11 is 0. The Morgan fingerprint density at radius 2 is 1.86 bits per heavy atom. The normalized spacial score (nSPS) is 16.2. The molecule has 0 aromatic heterocycles. The van der Waals surface area contributed by atoms with E-state index in [-0.39, 0.29) is 37.4 Å². The van der Waals surface area contributed by atoms with Crippen molar-refractivity contribution in [1.29, 1.82) is 0 Å². The molecule has 9 heteroatoms. The van der Waals surface area contributed by atoms with Gasteiger partial charge in [-0.15, -0.1) is 0 Å². The number of hydrogen-bond donors (Lipinski definition) is 2. The third kappa shape index (κ3) is 7.06.